The van der Waals surface area contributed by atoms with Crippen LogP contribution in [0, 0.1) is 0 Å². The van der Waals surface area contributed by atoms with Crippen LogP contribution in [0.1, 0.15) is 15.9 Å². The lowest BCUT2D eigenvalue weighted by molar-refractivity contribution is 0.103. The molecule has 0 saturated carbocycles. The average Bonchev–Trinajstić information content (AvgIpc) is 2.46. The molecule has 2 rings (SSSR count). The standard InChI is InChI=1S/C16H12BrClO/c17-11-14(10-12-4-2-1-3-5-12)16(19)13-6-8-15(18)9-7-13/h1-10H,11H2. The molecule has 0 atom stereocenters. The van der Waals surface area contributed by atoms with Crippen molar-refractivity contribution in [3.05, 3.63) is 76.3 Å². The summed E-state index contributed by atoms with van der Waals surface area (Å²) in [6, 6.07) is 16.7. The summed E-state index contributed by atoms with van der Waals surface area (Å²) < 4.78 is 0. The predicted octanol–water partition coefficient (Wildman–Crippen LogP) is 5.00. The van der Waals surface area contributed by atoms with Gasteiger partial charge in [0.25, 0.3) is 0 Å². The highest BCUT2D eigenvalue weighted by molar-refractivity contribution is 9.09. The Labute approximate surface area is 126 Å². The molecule has 19 heavy (non-hydrogen) atoms. The highest BCUT2D eigenvalue weighted by Gasteiger charge is 2.11. The maximum absolute atomic E-state index is 12.4. The van der Waals surface area contributed by atoms with Crippen molar-refractivity contribution in [3.63, 3.8) is 0 Å². The molecule has 0 aromatic heterocycles. The molecule has 96 valence electrons. The summed E-state index contributed by atoms with van der Waals surface area (Å²) in [6.45, 7) is 0. The average molecular weight is 336 g/mol. The molecule has 2 aromatic carbocycles. The number of Topliss-reactive ketones (excluding diaryl/α,β-unsaturated/α-hetero) is 1. The van der Waals surface area contributed by atoms with Crippen LogP contribution in [0.4, 0.5) is 0 Å². The second-order valence-corrected chi connectivity index (χ2v) is 5.05. The van der Waals surface area contributed by atoms with Gasteiger partial charge in [-0.1, -0.05) is 57.9 Å². The smallest absolute Gasteiger partial charge is 0.189 e. The number of ketones is 1. The third kappa shape index (κ3) is 3.79. The molecule has 0 aliphatic carbocycles. The van der Waals surface area contributed by atoms with Gasteiger partial charge in [0.15, 0.2) is 5.78 Å². The van der Waals surface area contributed by atoms with E-state index in [9.17, 15) is 4.79 Å². The third-order valence-electron chi connectivity index (χ3n) is 2.68. The van der Waals surface area contributed by atoms with E-state index in [4.69, 9.17) is 11.6 Å². The highest BCUT2D eigenvalue weighted by atomic mass is 79.9. The van der Waals surface area contributed by atoms with Crippen molar-refractivity contribution in [2.24, 2.45) is 0 Å². The van der Waals surface area contributed by atoms with Gasteiger partial charge in [0.05, 0.1) is 0 Å². The molecule has 0 fully saturated rings. The Balaban J connectivity index is 2.29. The van der Waals surface area contributed by atoms with E-state index >= 15 is 0 Å². The Morgan fingerprint density at radius 2 is 1.68 bits per heavy atom. The third-order valence-corrected chi connectivity index (χ3v) is 3.54. The molecule has 0 radical (unpaired) electrons. The van der Waals surface area contributed by atoms with Gasteiger partial charge in [-0.25, -0.2) is 0 Å². The fourth-order valence-electron chi connectivity index (χ4n) is 1.70. The van der Waals surface area contributed by atoms with Crippen LogP contribution in [-0.2, 0) is 0 Å². The van der Waals surface area contributed by atoms with Gasteiger partial charge >= 0.3 is 0 Å². The number of carbonyl (C=O) groups is 1. The van der Waals surface area contributed by atoms with E-state index in [0.29, 0.717) is 21.5 Å². The molecule has 0 N–H and O–H groups in total. The molecule has 0 unspecified atom stereocenters. The zero-order valence-corrected chi connectivity index (χ0v) is 12.5. The number of alkyl halides is 1. The first-order valence-corrected chi connectivity index (χ1v) is 7.32. The van der Waals surface area contributed by atoms with E-state index in [0.717, 1.165) is 5.56 Å². The molecule has 1 nitrogen and oxygen atoms in total. The lowest BCUT2D eigenvalue weighted by atomic mass is 10.0. The minimum absolute atomic E-state index is 0.0115. The van der Waals surface area contributed by atoms with Crippen molar-refractivity contribution < 1.29 is 4.79 Å². The summed E-state index contributed by atoms with van der Waals surface area (Å²) in [7, 11) is 0. The number of benzene rings is 2. The first-order valence-electron chi connectivity index (χ1n) is 5.82. The van der Waals surface area contributed by atoms with Crippen LogP contribution in [0.25, 0.3) is 6.08 Å². The molecular formula is C16H12BrClO. The summed E-state index contributed by atoms with van der Waals surface area (Å²) in [5.41, 5.74) is 2.37. The first-order chi connectivity index (χ1) is 9.20. The number of halogens is 2. The number of carbonyl (C=O) groups excluding carboxylic acids is 1. The van der Waals surface area contributed by atoms with Gasteiger partial charge in [-0.2, -0.15) is 0 Å². The zero-order valence-electron chi connectivity index (χ0n) is 10.1. The van der Waals surface area contributed by atoms with E-state index in [1.165, 1.54) is 0 Å². The van der Waals surface area contributed by atoms with E-state index in [-0.39, 0.29) is 5.78 Å². The maximum Gasteiger partial charge on any atom is 0.189 e. The quantitative estimate of drug-likeness (QED) is 0.436. The molecular weight excluding hydrogens is 324 g/mol. The SMILES string of the molecule is O=C(C(=Cc1ccccc1)CBr)c1ccc(Cl)cc1. The van der Waals surface area contributed by atoms with Crippen molar-refractivity contribution in [3.8, 4) is 0 Å². The summed E-state index contributed by atoms with van der Waals surface area (Å²) in [4.78, 5) is 12.4. The predicted molar refractivity (Wildman–Crippen MR) is 84.0 cm³/mol. The number of hydrogen-bond donors (Lipinski definition) is 0. The Morgan fingerprint density at radius 3 is 2.26 bits per heavy atom. The van der Waals surface area contributed by atoms with Crippen LogP contribution in [0.5, 0.6) is 0 Å². The van der Waals surface area contributed by atoms with Gasteiger partial charge in [-0.05, 0) is 35.9 Å². The fraction of sp³-hybridized carbons (Fsp3) is 0.0625. The number of hydrogen-bond acceptors (Lipinski definition) is 1. The van der Waals surface area contributed by atoms with Gasteiger partial charge in [0.1, 0.15) is 0 Å². The highest BCUT2D eigenvalue weighted by Crippen LogP contribution is 2.17. The molecule has 0 spiro atoms. The largest absolute Gasteiger partial charge is 0.289 e. The lowest BCUT2D eigenvalue weighted by Crippen LogP contribution is -2.04. The Bertz CT molecular complexity index is 588. The van der Waals surface area contributed by atoms with Crippen molar-refractivity contribution in [1.29, 1.82) is 0 Å². The molecule has 0 amide bonds. The Kier molecular flexibility index (Phi) is 4.94. The van der Waals surface area contributed by atoms with Crippen LogP contribution in [-0.4, -0.2) is 11.1 Å². The summed E-state index contributed by atoms with van der Waals surface area (Å²) in [5.74, 6) is 0.0115. The number of allylic oxidation sites excluding steroid dienone is 1. The van der Waals surface area contributed by atoms with Gasteiger partial charge in [0, 0.05) is 21.5 Å². The van der Waals surface area contributed by atoms with Crippen molar-refractivity contribution in [1.82, 2.24) is 0 Å². The lowest BCUT2D eigenvalue weighted by Gasteiger charge is -2.04. The first kappa shape index (κ1) is 14.0. The van der Waals surface area contributed by atoms with E-state index in [1.807, 2.05) is 36.4 Å². The molecule has 0 aliphatic heterocycles. The molecule has 2 aromatic rings. The van der Waals surface area contributed by atoms with E-state index in [2.05, 4.69) is 15.9 Å². The van der Waals surface area contributed by atoms with Gasteiger partial charge < -0.3 is 0 Å². The van der Waals surface area contributed by atoms with Crippen molar-refractivity contribution >= 4 is 39.4 Å². The number of rotatable bonds is 4. The second kappa shape index (κ2) is 6.69. The van der Waals surface area contributed by atoms with Gasteiger partial charge in [-0.3, -0.25) is 4.79 Å². The van der Waals surface area contributed by atoms with Gasteiger partial charge in [-0.15, -0.1) is 0 Å². The molecule has 0 heterocycles. The minimum atomic E-state index is 0.0115. The molecule has 3 heteroatoms. The van der Waals surface area contributed by atoms with Crippen molar-refractivity contribution in [2.75, 3.05) is 5.33 Å². The fourth-order valence-corrected chi connectivity index (χ4v) is 2.24. The summed E-state index contributed by atoms with van der Waals surface area (Å²) in [5, 5.41) is 1.15. The molecule has 0 bridgehead atoms. The van der Waals surface area contributed by atoms with Crippen LogP contribution in [0.3, 0.4) is 0 Å². The topological polar surface area (TPSA) is 17.1 Å². The minimum Gasteiger partial charge on any atom is -0.289 e. The van der Waals surface area contributed by atoms with Crippen LogP contribution in [0.2, 0.25) is 5.02 Å². The Hall–Kier alpha value is -1.38. The van der Waals surface area contributed by atoms with Gasteiger partial charge in [0.2, 0.25) is 0 Å². The summed E-state index contributed by atoms with van der Waals surface area (Å²) >= 11 is 9.19. The summed E-state index contributed by atoms with van der Waals surface area (Å²) in [6.07, 6.45) is 1.89. The van der Waals surface area contributed by atoms with Crippen molar-refractivity contribution in [2.45, 2.75) is 0 Å². The normalized spacial score (nSPS) is 11.4. The van der Waals surface area contributed by atoms with Crippen LogP contribution >= 0.6 is 27.5 Å². The maximum atomic E-state index is 12.4. The zero-order chi connectivity index (χ0) is 13.7. The molecule has 0 aliphatic rings. The van der Waals surface area contributed by atoms with Crippen LogP contribution in [0.15, 0.2) is 60.2 Å². The van der Waals surface area contributed by atoms with E-state index in [1.54, 1.807) is 24.3 Å². The van der Waals surface area contributed by atoms with E-state index < -0.39 is 0 Å². The monoisotopic (exact) mass is 334 g/mol. The Morgan fingerprint density at radius 1 is 1.05 bits per heavy atom. The molecule has 0 saturated heterocycles. The second-order valence-electron chi connectivity index (χ2n) is 4.05. The van der Waals surface area contributed by atoms with Crippen LogP contribution < -0.4 is 0 Å².